The van der Waals surface area contributed by atoms with Crippen molar-refractivity contribution in [2.75, 3.05) is 5.73 Å². The lowest BCUT2D eigenvalue weighted by Gasteiger charge is -2.06. The van der Waals surface area contributed by atoms with E-state index in [0.29, 0.717) is 5.01 Å². The minimum Gasteiger partial charge on any atom is -0.396 e. The maximum absolute atomic E-state index is 13.2. The van der Waals surface area contributed by atoms with Crippen molar-refractivity contribution >= 4 is 27.0 Å². The predicted octanol–water partition coefficient (Wildman–Crippen LogP) is 1.34. The maximum atomic E-state index is 13.2. The fourth-order valence-electron chi connectivity index (χ4n) is 1.26. The highest BCUT2D eigenvalue weighted by Crippen LogP contribution is 2.16. The molecule has 96 valence electrons. The summed E-state index contributed by atoms with van der Waals surface area (Å²) in [6, 6.07) is 3.36. The molecule has 0 saturated heterocycles. The average Bonchev–Trinajstić information content (AvgIpc) is 2.83. The third-order valence-corrected chi connectivity index (χ3v) is 4.36. The number of nitrogen functional groups attached to an aromatic ring is 1. The van der Waals surface area contributed by atoms with Gasteiger partial charge in [0.1, 0.15) is 10.8 Å². The van der Waals surface area contributed by atoms with Gasteiger partial charge in [-0.1, -0.05) is 0 Å². The van der Waals surface area contributed by atoms with Gasteiger partial charge in [0, 0.05) is 11.6 Å². The molecule has 3 N–H and O–H groups in total. The largest absolute Gasteiger partial charge is 0.396 e. The number of hydrogen-bond acceptors (Lipinski definition) is 5. The first-order valence-corrected chi connectivity index (χ1v) is 7.28. The zero-order valence-corrected chi connectivity index (χ0v) is 10.8. The maximum Gasteiger partial charge on any atom is 0.241 e. The van der Waals surface area contributed by atoms with Crippen molar-refractivity contribution in [2.24, 2.45) is 0 Å². The first-order valence-electron chi connectivity index (χ1n) is 4.92. The van der Waals surface area contributed by atoms with Gasteiger partial charge in [-0.3, -0.25) is 0 Å². The lowest BCUT2D eigenvalue weighted by Crippen LogP contribution is -2.23. The van der Waals surface area contributed by atoms with E-state index in [1.807, 2.05) is 0 Å². The summed E-state index contributed by atoms with van der Waals surface area (Å²) >= 11 is 1.33. The molecular weight excluding hydrogens is 277 g/mol. The van der Waals surface area contributed by atoms with Gasteiger partial charge in [0.25, 0.3) is 0 Å². The Morgan fingerprint density at radius 3 is 2.83 bits per heavy atom. The number of nitrogens with one attached hydrogen (secondary N) is 1. The van der Waals surface area contributed by atoms with E-state index < -0.39 is 15.8 Å². The molecule has 1 aromatic heterocycles. The molecule has 8 heteroatoms. The van der Waals surface area contributed by atoms with Crippen LogP contribution in [0.2, 0.25) is 0 Å². The van der Waals surface area contributed by atoms with E-state index in [4.69, 9.17) is 5.73 Å². The van der Waals surface area contributed by atoms with Crippen molar-refractivity contribution in [1.82, 2.24) is 9.71 Å². The molecule has 0 bridgehead atoms. The van der Waals surface area contributed by atoms with Crippen molar-refractivity contribution in [2.45, 2.75) is 11.4 Å². The smallest absolute Gasteiger partial charge is 0.241 e. The monoisotopic (exact) mass is 287 g/mol. The summed E-state index contributed by atoms with van der Waals surface area (Å²) in [5, 5.41) is 2.38. The Labute approximate surface area is 108 Å². The first kappa shape index (κ1) is 12.9. The van der Waals surface area contributed by atoms with Crippen LogP contribution in [-0.2, 0) is 16.6 Å². The van der Waals surface area contributed by atoms with E-state index in [9.17, 15) is 12.8 Å². The molecule has 1 heterocycles. The number of hydrogen-bond donors (Lipinski definition) is 2. The fraction of sp³-hybridized carbons (Fsp3) is 0.100. The number of nitrogens with zero attached hydrogens (tertiary/aromatic N) is 1. The molecule has 0 saturated carbocycles. The normalized spacial score (nSPS) is 11.6. The van der Waals surface area contributed by atoms with Gasteiger partial charge >= 0.3 is 0 Å². The summed E-state index contributed by atoms with van der Waals surface area (Å²) in [4.78, 5) is 3.78. The molecule has 0 unspecified atom stereocenters. The fourth-order valence-corrected chi connectivity index (χ4v) is 2.90. The Hall–Kier alpha value is -1.51. The Balaban J connectivity index is 2.17. The van der Waals surface area contributed by atoms with Crippen LogP contribution in [-0.4, -0.2) is 13.4 Å². The number of sulfonamides is 1. The number of rotatable bonds is 4. The molecule has 0 fully saturated rings. The standard InChI is InChI=1S/C10H10FN3O2S2/c11-8-5-7(1-2-9(8)12)18(15,16)14-6-10-13-3-4-17-10/h1-5,14H,6,12H2. The third-order valence-electron chi connectivity index (χ3n) is 2.18. The minimum atomic E-state index is -3.75. The van der Waals surface area contributed by atoms with Crippen LogP contribution in [0.15, 0.2) is 34.7 Å². The summed E-state index contributed by atoms with van der Waals surface area (Å²) in [5.41, 5.74) is 5.20. The minimum absolute atomic E-state index is 0.0754. The molecule has 2 rings (SSSR count). The molecule has 0 aliphatic rings. The van der Waals surface area contributed by atoms with Crippen LogP contribution in [0, 0.1) is 5.82 Å². The first-order chi connectivity index (χ1) is 8.49. The van der Waals surface area contributed by atoms with Crippen molar-refractivity contribution < 1.29 is 12.8 Å². The Bertz CT molecular complexity index is 641. The molecule has 2 aromatic rings. The number of anilines is 1. The Morgan fingerprint density at radius 2 is 2.22 bits per heavy atom. The summed E-state index contributed by atoms with van der Waals surface area (Å²) in [6.45, 7) is 0.0754. The van der Waals surface area contributed by atoms with E-state index in [0.717, 1.165) is 6.07 Å². The number of aromatic nitrogens is 1. The molecule has 0 amide bonds. The van der Waals surface area contributed by atoms with Crippen molar-refractivity contribution in [3.8, 4) is 0 Å². The zero-order valence-electron chi connectivity index (χ0n) is 9.13. The molecule has 0 atom stereocenters. The Kier molecular flexibility index (Phi) is 3.60. The summed E-state index contributed by atoms with van der Waals surface area (Å²) < 4.78 is 39.2. The van der Waals surface area contributed by atoms with Gasteiger partial charge in [-0.2, -0.15) is 0 Å². The average molecular weight is 287 g/mol. The summed E-state index contributed by atoms with van der Waals surface area (Å²) in [5.74, 6) is -0.757. The number of nitrogens with two attached hydrogens (primary N) is 1. The predicted molar refractivity (Wildman–Crippen MR) is 67.0 cm³/mol. The van der Waals surface area contributed by atoms with Crippen LogP contribution in [0.3, 0.4) is 0 Å². The van der Waals surface area contributed by atoms with Crippen LogP contribution in [0.5, 0.6) is 0 Å². The van der Waals surface area contributed by atoms with E-state index in [2.05, 4.69) is 9.71 Å². The molecule has 5 nitrogen and oxygen atoms in total. The molecule has 0 spiro atoms. The highest BCUT2D eigenvalue weighted by Gasteiger charge is 2.15. The molecule has 0 radical (unpaired) electrons. The summed E-state index contributed by atoms with van der Waals surface area (Å²) in [6.07, 6.45) is 1.58. The zero-order chi connectivity index (χ0) is 13.2. The van der Waals surface area contributed by atoms with Gasteiger partial charge in [0.2, 0.25) is 10.0 Å². The van der Waals surface area contributed by atoms with Gasteiger partial charge in [-0.25, -0.2) is 22.5 Å². The van der Waals surface area contributed by atoms with Gasteiger partial charge in [-0.15, -0.1) is 11.3 Å². The van der Waals surface area contributed by atoms with Crippen LogP contribution in [0.25, 0.3) is 0 Å². The van der Waals surface area contributed by atoms with E-state index >= 15 is 0 Å². The second-order valence-electron chi connectivity index (χ2n) is 3.43. The van der Waals surface area contributed by atoms with Gasteiger partial charge < -0.3 is 5.73 Å². The lowest BCUT2D eigenvalue weighted by atomic mass is 10.3. The number of halogens is 1. The van der Waals surface area contributed by atoms with Crippen LogP contribution < -0.4 is 10.5 Å². The van der Waals surface area contributed by atoms with Crippen LogP contribution in [0.1, 0.15) is 5.01 Å². The molecule has 0 aliphatic carbocycles. The Morgan fingerprint density at radius 1 is 1.44 bits per heavy atom. The second-order valence-corrected chi connectivity index (χ2v) is 6.18. The van der Waals surface area contributed by atoms with Crippen molar-refractivity contribution in [3.05, 3.63) is 40.6 Å². The van der Waals surface area contributed by atoms with Gasteiger partial charge in [0.05, 0.1) is 17.1 Å². The topological polar surface area (TPSA) is 85.1 Å². The summed E-state index contributed by atoms with van der Waals surface area (Å²) in [7, 11) is -3.75. The van der Waals surface area contributed by atoms with E-state index in [1.54, 1.807) is 11.6 Å². The van der Waals surface area contributed by atoms with Gasteiger partial charge in [-0.05, 0) is 18.2 Å². The van der Waals surface area contributed by atoms with Gasteiger partial charge in [0.15, 0.2) is 0 Å². The quantitative estimate of drug-likeness (QED) is 0.831. The van der Waals surface area contributed by atoms with Crippen molar-refractivity contribution in [1.29, 1.82) is 0 Å². The number of benzene rings is 1. The van der Waals surface area contributed by atoms with E-state index in [1.165, 1.54) is 23.5 Å². The highest BCUT2D eigenvalue weighted by atomic mass is 32.2. The SMILES string of the molecule is Nc1ccc(S(=O)(=O)NCc2nccs2)cc1F. The van der Waals surface area contributed by atoms with Crippen molar-refractivity contribution in [3.63, 3.8) is 0 Å². The lowest BCUT2D eigenvalue weighted by molar-refractivity contribution is 0.577. The second kappa shape index (κ2) is 5.01. The molecule has 0 aliphatic heterocycles. The number of thiazole rings is 1. The van der Waals surface area contributed by atoms with Crippen LogP contribution >= 0.6 is 11.3 Å². The van der Waals surface area contributed by atoms with E-state index in [-0.39, 0.29) is 17.1 Å². The molecule has 18 heavy (non-hydrogen) atoms. The molecule has 1 aromatic carbocycles. The van der Waals surface area contributed by atoms with Crippen LogP contribution in [0.4, 0.5) is 10.1 Å². The highest BCUT2D eigenvalue weighted by molar-refractivity contribution is 7.89. The third kappa shape index (κ3) is 2.84. The molecular formula is C10H10FN3O2S2.